The molecule has 5 N–H and O–H groups in total. The van der Waals surface area contributed by atoms with E-state index in [-0.39, 0.29) is 11.9 Å². The van der Waals surface area contributed by atoms with E-state index in [1.807, 2.05) is 30.5 Å². The summed E-state index contributed by atoms with van der Waals surface area (Å²) >= 11 is 0. The summed E-state index contributed by atoms with van der Waals surface area (Å²) < 4.78 is 0. The molecule has 1 aromatic heterocycles. The average molecular weight is 271 g/mol. The predicted octanol–water partition coefficient (Wildman–Crippen LogP) is 2.11. The first-order valence-corrected chi connectivity index (χ1v) is 6.70. The van der Waals surface area contributed by atoms with Crippen LogP contribution in [0.15, 0.2) is 42.6 Å². The van der Waals surface area contributed by atoms with E-state index < -0.39 is 5.41 Å². The molecule has 1 heterocycles. The number of primary amides is 1. The third-order valence-electron chi connectivity index (χ3n) is 3.53. The van der Waals surface area contributed by atoms with Crippen molar-refractivity contribution in [3.8, 4) is 0 Å². The molecule has 0 aliphatic heterocycles. The number of carbonyl (C=O) groups is 1. The van der Waals surface area contributed by atoms with Gasteiger partial charge in [-0.2, -0.15) is 0 Å². The number of nitrogens with two attached hydrogens (primary N) is 2. The number of rotatable bonds is 5. The number of para-hydroxylation sites is 1. The molecular weight excluding hydrogens is 250 g/mol. The number of nitrogens with one attached hydrogen (secondary N) is 1. The highest BCUT2D eigenvalue weighted by Gasteiger charge is 2.21. The lowest BCUT2D eigenvalue weighted by molar-refractivity contribution is -0.123. The van der Waals surface area contributed by atoms with Crippen molar-refractivity contribution in [2.75, 3.05) is 0 Å². The normalized spacial score (nSPS) is 13.9. The Morgan fingerprint density at radius 2 is 2.10 bits per heavy atom. The lowest BCUT2D eigenvalue weighted by Gasteiger charge is -2.16. The van der Waals surface area contributed by atoms with Crippen LogP contribution < -0.4 is 11.5 Å². The molecule has 0 aliphatic rings. The Morgan fingerprint density at radius 3 is 2.80 bits per heavy atom. The van der Waals surface area contributed by atoms with Gasteiger partial charge < -0.3 is 16.5 Å². The van der Waals surface area contributed by atoms with Gasteiger partial charge in [0.2, 0.25) is 5.91 Å². The summed E-state index contributed by atoms with van der Waals surface area (Å²) in [5, 5.41) is 1.19. The lowest BCUT2D eigenvalue weighted by Crippen LogP contribution is -2.30. The third-order valence-corrected chi connectivity index (χ3v) is 3.53. The Hall–Kier alpha value is -2.07. The van der Waals surface area contributed by atoms with E-state index in [1.54, 1.807) is 19.9 Å². The SMILES string of the molecule is CC(C)(/C=C/[C@H](N)Cc1c[nH]c2ccccc12)C(N)=O. The maximum Gasteiger partial charge on any atom is 0.226 e. The third kappa shape index (κ3) is 3.08. The molecular formula is C16H21N3O. The van der Waals surface area contributed by atoms with Gasteiger partial charge >= 0.3 is 0 Å². The van der Waals surface area contributed by atoms with Crippen molar-refractivity contribution in [2.24, 2.45) is 16.9 Å². The number of hydrogen-bond acceptors (Lipinski definition) is 2. The molecule has 0 spiro atoms. The van der Waals surface area contributed by atoms with Crippen molar-refractivity contribution >= 4 is 16.8 Å². The average Bonchev–Trinajstić information content (AvgIpc) is 2.80. The molecule has 0 unspecified atom stereocenters. The van der Waals surface area contributed by atoms with Crippen LogP contribution in [0.1, 0.15) is 19.4 Å². The number of fused-ring (bicyclic) bond motifs is 1. The molecule has 106 valence electrons. The van der Waals surface area contributed by atoms with Gasteiger partial charge in [0, 0.05) is 23.1 Å². The van der Waals surface area contributed by atoms with Crippen molar-refractivity contribution < 1.29 is 4.79 Å². The van der Waals surface area contributed by atoms with Gasteiger partial charge in [0.1, 0.15) is 0 Å². The summed E-state index contributed by atoms with van der Waals surface area (Å²) in [6.45, 7) is 3.56. The number of carbonyl (C=O) groups excluding carboxylic acids is 1. The molecule has 0 bridgehead atoms. The van der Waals surface area contributed by atoms with E-state index in [9.17, 15) is 4.79 Å². The highest BCUT2D eigenvalue weighted by Crippen LogP contribution is 2.20. The molecule has 4 nitrogen and oxygen atoms in total. The molecule has 0 aliphatic carbocycles. The van der Waals surface area contributed by atoms with Gasteiger partial charge in [-0.1, -0.05) is 30.4 Å². The van der Waals surface area contributed by atoms with Gasteiger partial charge in [0.25, 0.3) is 0 Å². The van der Waals surface area contributed by atoms with Crippen molar-refractivity contribution in [3.63, 3.8) is 0 Å². The van der Waals surface area contributed by atoms with Crippen LogP contribution in [0.5, 0.6) is 0 Å². The van der Waals surface area contributed by atoms with Crippen molar-refractivity contribution in [3.05, 3.63) is 48.2 Å². The Balaban J connectivity index is 2.10. The molecule has 4 heteroatoms. The van der Waals surface area contributed by atoms with Crippen LogP contribution in [-0.4, -0.2) is 16.9 Å². The van der Waals surface area contributed by atoms with Gasteiger partial charge in [0.15, 0.2) is 0 Å². The zero-order chi connectivity index (χ0) is 14.8. The Bertz CT molecular complexity index is 640. The second kappa shape index (κ2) is 5.51. The molecule has 0 radical (unpaired) electrons. The minimum absolute atomic E-state index is 0.146. The van der Waals surface area contributed by atoms with Gasteiger partial charge in [-0.05, 0) is 31.9 Å². The molecule has 0 saturated heterocycles. The van der Waals surface area contributed by atoms with E-state index >= 15 is 0 Å². The molecule has 1 atom stereocenters. The lowest BCUT2D eigenvalue weighted by atomic mass is 9.91. The summed E-state index contributed by atoms with van der Waals surface area (Å²) in [5.74, 6) is -0.354. The summed E-state index contributed by atoms with van der Waals surface area (Å²) in [6.07, 6.45) is 6.34. The predicted molar refractivity (Wildman–Crippen MR) is 82.1 cm³/mol. The van der Waals surface area contributed by atoms with E-state index in [4.69, 9.17) is 11.5 Å². The van der Waals surface area contributed by atoms with Crippen LogP contribution in [-0.2, 0) is 11.2 Å². The minimum Gasteiger partial charge on any atom is -0.369 e. The molecule has 0 fully saturated rings. The monoisotopic (exact) mass is 271 g/mol. The van der Waals surface area contributed by atoms with Crippen LogP contribution in [0, 0.1) is 5.41 Å². The fourth-order valence-electron chi connectivity index (χ4n) is 2.07. The van der Waals surface area contributed by atoms with E-state index in [2.05, 4.69) is 11.1 Å². The van der Waals surface area contributed by atoms with Crippen molar-refractivity contribution in [1.82, 2.24) is 4.98 Å². The first-order valence-electron chi connectivity index (χ1n) is 6.70. The zero-order valence-corrected chi connectivity index (χ0v) is 11.9. The molecule has 1 aromatic carbocycles. The summed E-state index contributed by atoms with van der Waals surface area (Å²) in [7, 11) is 0. The fourth-order valence-corrected chi connectivity index (χ4v) is 2.07. The van der Waals surface area contributed by atoms with Crippen LogP contribution in [0.25, 0.3) is 10.9 Å². The maximum absolute atomic E-state index is 11.3. The van der Waals surface area contributed by atoms with Gasteiger partial charge in [0.05, 0.1) is 5.41 Å². The standard InChI is InChI=1S/C16H21N3O/c1-16(2,15(18)20)8-7-12(17)9-11-10-19-14-6-4-3-5-13(11)14/h3-8,10,12,19H,9,17H2,1-2H3,(H2,18,20)/b8-7+/t12-/m0/s1. The number of amides is 1. The molecule has 2 rings (SSSR count). The van der Waals surface area contributed by atoms with Crippen LogP contribution in [0.2, 0.25) is 0 Å². The highest BCUT2D eigenvalue weighted by atomic mass is 16.1. The van der Waals surface area contributed by atoms with Crippen molar-refractivity contribution in [2.45, 2.75) is 26.3 Å². The summed E-state index contributed by atoms with van der Waals surface area (Å²) in [6, 6.07) is 7.98. The van der Waals surface area contributed by atoms with Gasteiger partial charge in [-0.25, -0.2) is 0 Å². The number of aromatic nitrogens is 1. The number of hydrogen-bond donors (Lipinski definition) is 3. The zero-order valence-electron chi connectivity index (χ0n) is 11.9. The molecule has 1 amide bonds. The van der Waals surface area contributed by atoms with Crippen LogP contribution >= 0.6 is 0 Å². The summed E-state index contributed by atoms with van der Waals surface area (Å²) in [4.78, 5) is 14.5. The van der Waals surface area contributed by atoms with E-state index in [1.165, 1.54) is 10.9 Å². The maximum atomic E-state index is 11.3. The van der Waals surface area contributed by atoms with E-state index in [0.717, 1.165) is 11.9 Å². The fraction of sp³-hybridized carbons (Fsp3) is 0.312. The Labute approximate surface area is 118 Å². The first kappa shape index (κ1) is 14.3. The minimum atomic E-state index is -0.669. The number of H-pyrrole nitrogens is 1. The second-order valence-corrected chi connectivity index (χ2v) is 5.67. The van der Waals surface area contributed by atoms with Gasteiger partial charge in [-0.3, -0.25) is 4.79 Å². The smallest absolute Gasteiger partial charge is 0.226 e. The molecule has 20 heavy (non-hydrogen) atoms. The van der Waals surface area contributed by atoms with Crippen LogP contribution in [0.4, 0.5) is 0 Å². The number of benzene rings is 1. The van der Waals surface area contributed by atoms with Gasteiger partial charge in [-0.15, -0.1) is 0 Å². The Morgan fingerprint density at radius 1 is 1.40 bits per heavy atom. The molecule has 0 saturated carbocycles. The largest absolute Gasteiger partial charge is 0.369 e. The topological polar surface area (TPSA) is 84.9 Å². The van der Waals surface area contributed by atoms with Crippen molar-refractivity contribution in [1.29, 1.82) is 0 Å². The quantitative estimate of drug-likeness (QED) is 0.727. The first-order chi connectivity index (χ1) is 9.40. The summed E-state index contributed by atoms with van der Waals surface area (Å²) in [5.41, 5.74) is 13.1. The highest BCUT2D eigenvalue weighted by molar-refractivity contribution is 5.83. The Kier molecular flexibility index (Phi) is 3.95. The van der Waals surface area contributed by atoms with Crippen LogP contribution in [0.3, 0.4) is 0 Å². The molecule has 2 aromatic rings. The second-order valence-electron chi connectivity index (χ2n) is 5.67. The van der Waals surface area contributed by atoms with E-state index in [0.29, 0.717) is 0 Å². The number of aromatic amines is 1.